The summed E-state index contributed by atoms with van der Waals surface area (Å²) in [7, 11) is -3.06. The van der Waals surface area contributed by atoms with Crippen LogP contribution in [0.25, 0.3) is 0 Å². The van der Waals surface area contributed by atoms with Crippen LogP contribution < -0.4 is 5.32 Å². The van der Waals surface area contributed by atoms with Crippen molar-refractivity contribution in [3.63, 3.8) is 0 Å². The number of carbonyl (C=O) groups excluding carboxylic acids is 1. The first-order valence-electron chi connectivity index (χ1n) is 8.98. The van der Waals surface area contributed by atoms with Crippen molar-refractivity contribution >= 4 is 21.6 Å². The van der Waals surface area contributed by atoms with Gasteiger partial charge in [-0.2, -0.15) is 5.10 Å². The van der Waals surface area contributed by atoms with Crippen molar-refractivity contribution in [2.45, 2.75) is 58.9 Å². The molecule has 0 unspecified atom stereocenters. The number of amides is 1. The molecule has 1 N–H and O–H groups in total. The van der Waals surface area contributed by atoms with Gasteiger partial charge in [-0.1, -0.05) is 25.9 Å². The van der Waals surface area contributed by atoms with Crippen molar-refractivity contribution in [3.8, 4) is 0 Å². The summed E-state index contributed by atoms with van der Waals surface area (Å²) >= 11 is 0. The topological polar surface area (TPSA) is 107 Å². The molecule has 2 aromatic rings. The molecule has 3 heterocycles. The summed E-state index contributed by atoms with van der Waals surface area (Å²) < 4.78 is 30.6. The van der Waals surface area contributed by atoms with E-state index in [1.807, 2.05) is 26.8 Å². The maximum absolute atomic E-state index is 12.6. The molecule has 1 amide bonds. The fraction of sp³-hybridized carbons (Fsp3) is 0.611. The molecule has 1 atom stereocenters. The van der Waals surface area contributed by atoms with Gasteiger partial charge in [0.05, 0.1) is 35.4 Å². The van der Waals surface area contributed by atoms with Gasteiger partial charge in [0.25, 0.3) is 0 Å². The lowest BCUT2D eigenvalue weighted by Crippen LogP contribution is -2.21. The number of carbonyl (C=O) groups is 1. The van der Waals surface area contributed by atoms with Gasteiger partial charge < -0.3 is 9.84 Å². The second-order valence-corrected chi connectivity index (χ2v) is 10.4. The molecule has 0 spiro atoms. The standard InChI is InChI=1S/C18H26N4O4S/c1-11-14(12(2)26-21-11)8-17(23)19-16-9-15(18(3,4)5)20-22(16)13-6-7-27(24,25)10-13/h9,13H,6-8,10H2,1-5H3,(H,19,23)/t13-/m1/s1. The molecule has 3 rings (SSSR count). The average Bonchev–Trinajstić information content (AvgIpc) is 3.20. The minimum Gasteiger partial charge on any atom is -0.361 e. The fourth-order valence-corrected chi connectivity index (χ4v) is 4.89. The molecule has 0 radical (unpaired) electrons. The number of anilines is 1. The zero-order chi connectivity index (χ0) is 20.0. The number of nitrogens with one attached hydrogen (secondary N) is 1. The van der Waals surface area contributed by atoms with Crippen LogP contribution in [0.15, 0.2) is 10.6 Å². The van der Waals surface area contributed by atoms with E-state index in [0.29, 0.717) is 23.7 Å². The smallest absolute Gasteiger partial charge is 0.230 e. The summed E-state index contributed by atoms with van der Waals surface area (Å²) in [5.41, 5.74) is 2.04. The Hall–Kier alpha value is -2.16. The van der Waals surface area contributed by atoms with Crippen LogP contribution in [-0.2, 0) is 26.5 Å². The Bertz CT molecular complexity index is 947. The van der Waals surface area contributed by atoms with Crippen LogP contribution in [0.3, 0.4) is 0 Å². The minimum atomic E-state index is -3.06. The van der Waals surface area contributed by atoms with Crippen LogP contribution in [0.1, 0.15) is 55.9 Å². The van der Waals surface area contributed by atoms with Gasteiger partial charge in [0, 0.05) is 17.0 Å². The van der Waals surface area contributed by atoms with Gasteiger partial charge in [-0.3, -0.25) is 4.79 Å². The van der Waals surface area contributed by atoms with E-state index in [1.54, 1.807) is 18.5 Å². The second-order valence-electron chi connectivity index (χ2n) is 8.19. The number of aryl methyl sites for hydroxylation is 2. The van der Waals surface area contributed by atoms with E-state index in [2.05, 4.69) is 15.6 Å². The van der Waals surface area contributed by atoms with Crippen molar-refractivity contribution in [1.29, 1.82) is 0 Å². The largest absolute Gasteiger partial charge is 0.361 e. The Kier molecular flexibility index (Phi) is 4.92. The molecular weight excluding hydrogens is 368 g/mol. The van der Waals surface area contributed by atoms with Crippen LogP contribution in [0.2, 0.25) is 0 Å². The second kappa shape index (κ2) is 6.78. The molecule has 0 bridgehead atoms. The molecule has 1 saturated heterocycles. The fourth-order valence-electron chi connectivity index (χ4n) is 3.20. The highest BCUT2D eigenvalue weighted by molar-refractivity contribution is 7.91. The Morgan fingerprint density at radius 1 is 1.37 bits per heavy atom. The normalized spacial score (nSPS) is 19.4. The molecule has 9 heteroatoms. The third-order valence-electron chi connectivity index (χ3n) is 4.84. The third kappa shape index (κ3) is 4.23. The minimum absolute atomic E-state index is 0.0466. The molecule has 1 aliphatic rings. The van der Waals surface area contributed by atoms with Crippen molar-refractivity contribution in [3.05, 3.63) is 28.8 Å². The van der Waals surface area contributed by atoms with Gasteiger partial charge in [-0.15, -0.1) is 0 Å². The summed E-state index contributed by atoms with van der Waals surface area (Å²) in [6.45, 7) is 9.65. The highest BCUT2D eigenvalue weighted by Gasteiger charge is 2.33. The lowest BCUT2D eigenvalue weighted by Gasteiger charge is -2.15. The van der Waals surface area contributed by atoms with Gasteiger partial charge in [-0.25, -0.2) is 13.1 Å². The number of hydrogen-bond donors (Lipinski definition) is 1. The van der Waals surface area contributed by atoms with Crippen LogP contribution in [0.5, 0.6) is 0 Å². The van der Waals surface area contributed by atoms with E-state index < -0.39 is 9.84 Å². The van der Waals surface area contributed by atoms with Gasteiger partial charge in [0.2, 0.25) is 5.91 Å². The highest BCUT2D eigenvalue weighted by atomic mass is 32.2. The molecular formula is C18H26N4O4S. The van der Waals surface area contributed by atoms with Crippen molar-refractivity contribution in [2.75, 3.05) is 16.8 Å². The van der Waals surface area contributed by atoms with Crippen LogP contribution in [-0.4, -0.2) is 40.8 Å². The maximum Gasteiger partial charge on any atom is 0.230 e. The van der Waals surface area contributed by atoms with E-state index in [1.165, 1.54) is 0 Å². The maximum atomic E-state index is 12.6. The van der Waals surface area contributed by atoms with E-state index in [0.717, 1.165) is 11.3 Å². The highest BCUT2D eigenvalue weighted by Crippen LogP contribution is 2.31. The summed E-state index contributed by atoms with van der Waals surface area (Å²) in [5, 5.41) is 11.4. The monoisotopic (exact) mass is 394 g/mol. The third-order valence-corrected chi connectivity index (χ3v) is 6.59. The molecule has 8 nitrogen and oxygen atoms in total. The molecule has 27 heavy (non-hydrogen) atoms. The van der Waals surface area contributed by atoms with Crippen molar-refractivity contribution in [2.24, 2.45) is 0 Å². The van der Waals surface area contributed by atoms with Crippen LogP contribution in [0.4, 0.5) is 5.82 Å². The van der Waals surface area contributed by atoms with E-state index >= 15 is 0 Å². The summed E-state index contributed by atoms with van der Waals surface area (Å²) in [6.07, 6.45) is 0.639. The van der Waals surface area contributed by atoms with Crippen molar-refractivity contribution in [1.82, 2.24) is 14.9 Å². The predicted octanol–water partition coefficient (Wildman–Crippen LogP) is 2.33. The lowest BCUT2D eigenvalue weighted by molar-refractivity contribution is -0.115. The molecule has 2 aromatic heterocycles. The number of sulfone groups is 1. The molecule has 1 aliphatic heterocycles. The number of nitrogens with zero attached hydrogens (tertiary/aromatic N) is 3. The summed E-state index contributed by atoms with van der Waals surface area (Å²) in [6, 6.07) is 1.57. The Labute approximate surface area is 159 Å². The molecule has 0 aliphatic carbocycles. The first-order valence-corrected chi connectivity index (χ1v) is 10.8. The summed E-state index contributed by atoms with van der Waals surface area (Å²) in [4.78, 5) is 12.6. The van der Waals surface area contributed by atoms with E-state index in [4.69, 9.17) is 4.52 Å². The lowest BCUT2D eigenvalue weighted by atomic mass is 9.92. The SMILES string of the molecule is Cc1noc(C)c1CC(=O)Nc1cc(C(C)(C)C)nn1[C@@H]1CCS(=O)(=O)C1. The van der Waals surface area contributed by atoms with Crippen LogP contribution in [0, 0.1) is 13.8 Å². The van der Waals surface area contributed by atoms with Gasteiger partial charge in [-0.05, 0) is 20.3 Å². The Morgan fingerprint density at radius 3 is 2.59 bits per heavy atom. The Morgan fingerprint density at radius 2 is 2.07 bits per heavy atom. The zero-order valence-corrected chi connectivity index (χ0v) is 17.2. The molecule has 0 saturated carbocycles. The van der Waals surface area contributed by atoms with Crippen LogP contribution >= 0.6 is 0 Å². The van der Waals surface area contributed by atoms with Gasteiger partial charge >= 0.3 is 0 Å². The average molecular weight is 394 g/mol. The summed E-state index contributed by atoms with van der Waals surface area (Å²) in [5.74, 6) is 1.12. The molecule has 1 fully saturated rings. The first-order chi connectivity index (χ1) is 12.5. The van der Waals surface area contributed by atoms with Gasteiger partial charge in [0.15, 0.2) is 9.84 Å². The quantitative estimate of drug-likeness (QED) is 0.853. The molecule has 148 valence electrons. The number of aromatic nitrogens is 3. The number of hydrogen-bond acceptors (Lipinski definition) is 6. The number of rotatable bonds is 4. The first kappa shape index (κ1) is 19.6. The van der Waals surface area contributed by atoms with Gasteiger partial charge in [0.1, 0.15) is 11.6 Å². The van der Waals surface area contributed by atoms with E-state index in [9.17, 15) is 13.2 Å². The van der Waals surface area contributed by atoms with Crippen molar-refractivity contribution < 1.29 is 17.7 Å². The molecule has 0 aromatic carbocycles. The van der Waals surface area contributed by atoms with E-state index in [-0.39, 0.29) is 35.3 Å². The zero-order valence-electron chi connectivity index (χ0n) is 16.4. The predicted molar refractivity (Wildman–Crippen MR) is 102 cm³/mol. The Balaban J connectivity index is 1.87.